The van der Waals surface area contributed by atoms with Crippen LogP contribution in [0.2, 0.25) is 0 Å². The second-order valence-electron chi connectivity index (χ2n) is 4.44. The van der Waals surface area contributed by atoms with Crippen molar-refractivity contribution >= 4 is 5.97 Å². The molecule has 6 heteroatoms. The van der Waals surface area contributed by atoms with Crippen LogP contribution in [-0.4, -0.2) is 22.8 Å². The van der Waals surface area contributed by atoms with Gasteiger partial charge in [0.25, 0.3) is 0 Å². The average molecular weight is 259 g/mol. The van der Waals surface area contributed by atoms with Crippen LogP contribution in [0.15, 0.2) is 24.3 Å². The van der Waals surface area contributed by atoms with Gasteiger partial charge in [-0.1, -0.05) is 12.1 Å². The molecule has 1 aromatic carbocycles. The van der Waals surface area contributed by atoms with E-state index in [1.54, 1.807) is 0 Å². The fourth-order valence-electron chi connectivity index (χ4n) is 1.72. The highest BCUT2D eigenvalue weighted by molar-refractivity contribution is 5.87. The zero-order chi connectivity index (χ0) is 13.4. The van der Waals surface area contributed by atoms with E-state index in [0.717, 1.165) is 0 Å². The summed E-state index contributed by atoms with van der Waals surface area (Å²) in [4.78, 5) is 10.6. The van der Waals surface area contributed by atoms with E-state index in [-0.39, 0.29) is 24.9 Å². The van der Waals surface area contributed by atoms with Crippen molar-refractivity contribution in [1.82, 2.24) is 5.32 Å². The average Bonchev–Trinajstić information content (AvgIpc) is 3.07. The number of aromatic carboxylic acids is 1. The Kier molecular flexibility index (Phi) is 3.06. The van der Waals surface area contributed by atoms with Crippen LogP contribution < -0.4 is 5.32 Å². The molecule has 3 nitrogen and oxygen atoms in total. The standard InChI is InChI=1S/C12H12F3NO2/c13-12(14,15)11(5-6-11)16-7-8-1-3-9(4-2-8)10(17)18/h1-4,16H,5-7H2,(H,17,18). The van der Waals surface area contributed by atoms with Crippen molar-refractivity contribution in [2.24, 2.45) is 0 Å². The molecule has 1 aliphatic carbocycles. The van der Waals surface area contributed by atoms with Crippen LogP contribution in [-0.2, 0) is 6.54 Å². The Hall–Kier alpha value is -1.56. The second-order valence-corrected chi connectivity index (χ2v) is 4.44. The number of benzene rings is 1. The maximum Gasteiger partial charge on any atom is 0.406 e. The van der Waals surface area contributed by atoms with Crippen molar-refractivity contribution in [3.05, 3.63) is 35.4 Å². The van der Waals surface area contributed by atoms with Crippen molar-refractivity contribution in [2.75, 3.05) is 0 Å². The van der Waals surface area contributed by atoms with Crippen LogP contribution in [0.3, 0.4) is 0 Å². The first-order valence-electron chi connectivity index (χ1n) is 5.48. The zero-order valence-electron chi connectivity index (χ0n) is 9.42. The van der Waals surface area contributed by atoms with Gasteiger partial charge in [-0.2, -0.15) is 13.2 Å². The molecule has 2 N–H and O–H groups in total. The molecule has 0 atom stereocenters. The Morgan fingerprint density at radius 2 is 1.83 bits per heavy atom. The molecule has 0 heterocycles. The molecule has 0 bridgehead atoms. The summed E-state index contributed by atoms with van der Waals surface area (Å²) < 4.78 is 37.9. The summed E-state index contributed by atoms with van der Waals surface area (Å²) in [7, 11) is 0. The first-order valence-corrected chi connectivity index (χ1v) is 5.48. The van der Waals surface area contributed by atoms with Gasteiger partial charge in [0.1, 0.15) is 5.54 Å². The molecule has 0 amide bonds. The molecule has 0 unspecified atom stereocenters. The minimum atomic E-state index is -4.23. The molecule has 0 aliphatic heterocycles. The molecule has 0 aromatic heterocycles. The number of hydrogen-bond acceptors (Lipinski definition) is 2. The Balaban J connectivity index is 1.97. The molecule has 1 aliphatic rings. The van der Waals surface area contributed by atoms with E-state index in [1.807, 2.05) is 0 Å². The molecule has 1 fully saturated rings. The maximum absolute atomic E-state index is 12.6. The molecule has 0 radical (unpaired) electrons. The summed E-state index contributed by atoms with van der Waals surface area (Å²) in [5, 5.41) is 11.2. The third-order valence-electron chi connectivity index (χ3n) is 3.12. The first-order chi connectivity index (χ1) is 8.34. The Morgan fingerprint density at radius 3 is 2.22 bits per heavy atom. The minimum absolute atomic E-state index is 0.0827. The fraction of sp³-hybridized carbons (Fsp3) is 0.417. The van der Waals surface area contributed by atoms with Crippen molar-refractivity contribution in [1.29, 1.82) is 0 Å². The molecule has 2 rings (SSSR count). The van der Waals surface area contributed by atoms with Gasteiger partial charge >= 0.3 is 12.1 Å². The Bertz CT molecular complexity index is 449. The molecule has 98 valence electrons. The summed E-state index contributed by atoms with van der Waals surface area (Å²) in [6, 6.07) is 5.80. The van der Waals surface area contributed by atoms with E-state index in [0.29, 0.717) is 5.56 Å². The molecule has 0 saturated heterocycles. The number of carboxylic acid groups (broad SMARTS) is 1. The number of rotatable bonds is 4. The van der Waals surface area contributed by atoms with E-state index in [9.17, 15) is 18.0 Å². The monoisotopic (exact) mass is 259 g/mol. The highest BCUT2D eigenvalue weighted by Crippen LogP contribution is 2.49. The van der Waals surface area contributed by atoms with Crippen molar-refractivity contribution in [3.8, 4) is 0 Å². The summed E-state index contributed by atoms with van der Waals surface area (Å²) in [6.07, 6.45) is -4.03. The number of halogens is 3. The normalized spacial score (nSPS) is 17.5. The smallest absolute Gasteiger partial charge is 0.406 e. The lowest BCUT2D eigenvalue weighted by molar-refractivity contribution is -0.166. The van der Waals surface area contributed by atoms with Gasteiger partial charge in [-0.3, -0.25) is 5.32 Å². The van der Waals surface area contributed by atoms with Crippen molar-refractivity contribution < 1.29 is 23.1 Å². The van der Waals surface area contributed by atoms with Crippen LogP contribution in [0.1, 0.15) is 28.8 Å². The van der Waals surface area contributed by atoms with Crippen molar-refractivity contribution in [2.45, 2.75) is 31.1 Å². The topological polar surface area (TPSA) is 49.3 Å². The van der Waals surface area contributed by atoms with Crippen LogP contribution in [0.25, 0.3) is 0 Å². The Labute approximate surface area is 102 Å². The first kappa shape index (κ1) is 12.9. The van der Waals surface area contributed by atoms with E-state index in [1.165, 1.54) is 24.3 Å². The summed E-state index contributed by atoms with van der Waals surface area (Å²) >= 11 is 0. The lowest BCUT2D eigenvalue weighted by Crippen LogP contribution is -2.44. The van der Waals surface area contributed by atoms with E-state index in [2.05, 4.69) is 5.32 Å². The van der Waals surface area contributed by atoms with Gasteiger partial charge in [-0.15, -0.1) is 0 Å². The second kappa shape index (κ2) is 4.28. The number of carbonyl (C=O) groups is 1. The quantitative estimate of drug-likeness (QED) is 0.873. The third kappa shape index (κ3) is 2.48. The van der Waals surface area contributed by atoms with Crippen molar-refractivity contribution in [3.63, 3.8) is 0 Å². The third-order valence-corrected chi connectivity index (χ3v) is 3.12. The lowest BCUT2D eigenvalue weighted by Gasteiger charge is -2.20. The van der Waals surface area contributed by atoms with E-state index >= 15 is 0 Å². The zero-order valence-corrected chi connectivity index (χ0v) is 9.42. The van der Waals surface area contributed by atoms with Gasteiger partial charge in [0.05, 0.1) is 5.56 Å². The van der Waals surface area contributed by atoms with Gasteiger partial charge in [0.2, 0.25) is 0 Å². The van der Waals surface area contributed by atoms with Crippen LogP contribution in [0.4, 0.5) is 13.2 Å². The molecule has 1 aromatic rings. The molecule has 1 saturated carbocycles. The predicted molar refractivity (Wildman–Crippen MR) is 58.3 cm³/mol. The minimum Gasteiger partial charge on any atom is -0.478 e. The van der Waals surface area contributed by atoms with E-state index in [4.69, 9.17) is 5.11 Å². The SMILES string of the molecule is O=C(O)c1ccc(CNC2(C(F)(F)F)CC2)cc1. The Morgan fingerprint density at radius 1 is 1.28 bits per heavy atom. The van der Waals surface area contributed by atoms with Gasteiger partial charge in [-0.25, -0.2) is 4.79 Å². The predicted octanol–water partition coefficient (Wildman–Crippen LogP) is 2.57. The lowest BCUT2D eigenvalue weighted by atomic mass is 10.1. The summed E-state index contributed by atoms with van der Waals surface area (Å²) in [6.45, 7) is 0.0827. The van der Waals surface area contributed by atoms with Gasteiger partial charge in [0, 0.05) is 6.54 Å². The molecule has 18 heavy (non-hydrogen) atoms. The van der Waals surface area contributed by atoms with Gasteiger partial charge < -0.3 is 5.11 Å². The highest BCUT2D eigenvalue weighted by Gasteiger charge is 2.62. The number of hydrogen-bond donors (Lipinski definition) is 2. The number of carboxylic acids is 1. The molecular formula is C12H12F3NO2. The van der Waals surface area contributed by atoms with Crippen LogP contribution in [0, 0.1) is 0 Å². The van der Waals surface area contributed by atoms with Gasteiger partial charge in [-0.05, 0) is 30.5 Å². The number of alkyl halides is 3. The van der Waals surface area contributed by atoms with Gasteiger partial charge in [0.15, 0.2) is 0 Å². The maximum atomic E-state index is 12.6. The fourth-order valence-corrected chi connectivity index (χ4v) is 1.72. The molecular weight excluding hydrogens is 247 g/mol. The van der Waals surface area contributed by atoms with E-state index < -0.39 is 17.7 Å². The summed E-state index contributed by atoms with van der Waals surface area (Å²) in [5.74, 6) is -1.05. The van der Waals surface area contributed by atoms with Crippen LogP contribution in [0.5, 0.6) is 0 Å². The highest BCUT2D eigenvalue weighted by atomic mass is 19.4. The number of nitrogens with one attached hydrogen (secondary N) is 1. The largest absolute Gasteiger partial charge is 0.478 e. The molecule has 0 spiro atoms. The van der Waals surface area contributed by atoms with Crippen LogP contribution >= 0.6 is 0 Å². The summed E-state index contributed by atoms with van der Waals surface area (Å²) in [5.41, 5.74) is -0.982.